The fraction of sp³-hybridized carbons (Fsp3) is 0. The molecular formula is C9H4F2IN3O2. The summed E-state index contributed by atoms with van der Waals surface area (Å²) in [5, 5.41) is 14.1. The van der Waals surface area contributed by atoms with Gasteiger partial charge in [-0.05, 0) is 22.6 Å². The van der Waals surface area contributed by atoms with Crippen LogP contribution in [0, 0.1) is 25.3 Å². The quantitative estimate of drug-likeness (QED) is 0.475. The van der Waals surface area contributed by atoms with E-state index in [9.17, 15) is 18.9 Å². The van der Waals surface area contributed by atoms with E-state index in [1.165, 1.54) is 12.4 Å². The second-order valence-corrected chi connectivity index (χ2v) is 4.36. The lowest BCUT2D eigenvalue weighted by Gasteiger charge is -2.04. The van der Waals surface area contributed by atoms with Gasteiger partial charge in [0.05, 0.1) is 26.8 Å². The van der Waals surface area contributed by atoms with Crippen LogP contribution in [0.2, 0.25) is 0 Å². The monoisotopic (exact) mass is 351 g/mol. The van der Waals surface area contributed by atoms with E-state index in [-0.39, 0.29) is 0 Å². The van der Waals surface area contributed by atoms with E-state index >= 15 is 0 Å². The van der Waals surface area contributed by atoms with Crippen LogP contribution in [0.5, 0.6) is 0 Å². The molecule has 0 spiro atoms. The Morgan fingerprint density at radius 1 is 1.35 bits per heavy atom. The van der Waals surface area contributed by atoms with Crippen LogP contribution in [-0.2, 0) is 0 Å². The number of rotatable bonds is 2. The van der Waals surface area contributed by atoms with Gasteiger partial charge in [-0.3, -0.25) is 10.1 Å². The lowest BCUT2D eigenvalue weighted by atomic mass is 10.2. The highest BCUT2D eigenvalue weighted by Crippen LogP contribution is 2.23. The molecule has 5 nitrogen and oxygen atoms in total. The molecule has 2 aromatic rings. The van der Waals surface area contributed by atoms with E-state index in [0.29, 0.717) is 15.7 Å². The Balaban J connectivity index is 2.60. The number of nitro groups is 1. The molecule has 0 saturated carbocycles. The highest BCUT2D eigenvalue weighted by molar-refractivity contribution is 14.1. The van der Waals surface area contributed by atoms with E-state index in [1.807, 2.05) is 22.6 Å². The largest absolute Gasteiger partial charge is 0.275 e. The van der Waals surface area contributed by atoms with Crippen LogP contribution in [0.4, 0.5) is 14.5 Å². The Morgan fingerprint density at radius 2 is 1.94 bits per heavy atom. The van der Waals surface area contributed by atoms with Gasteiger partial charge < -0.3 is 0 Å². The molecule has 0 fully saturated rings. The summed E-state index contributed by atoms with van der Waals surface area (Å²) in [5.74, 6) is -2.06. The Kier molecular flexibility index (Phi) is 3.05. The lowest BCUT2D eigenvalue weighted by Crippen LogP contribution is -2.03. The molecule has 0 radical (unpaired) electrons. The minimum Gasteiger partial charge on any atom is -0.258 e. The van der Waals surface area contributed by atoms with Crippen LogP contribution in [0.15, 0.2) is 24.5 Å². The van der Waals surface area contributed by atoms with Gasteiger partial charge in [-0.1, -0.05) is 0 Å². The molecule has 0 unspecified atom stereocenters. The maximum absolute atomic E-state index is 13.6. The lowest BCUT2D eigenvalue weighted by molar-refractivity contribution is -0.385. The molecule has 1 aromatic carbocycles. The second-order valence-electron chi connectivity index (χ2n) is 3.12. The van der Waals surface area contributed by atoms with Gasteiger partial charge in [-0.25, -0.2) is 13.5 Å². The molecule has 88 valence electrons. The van der Waals surface area contributed by atoms with Gasteiger partial charge in [-0.15, -0.1) is 0 Å². The standard InChI is InChI=1S/C9H4F2IN3O2/c10-7-1-6(15(16)17)2-8(11)9(7)14-4-5(12)3-13-14/h1-4H. The Bertz CT molecular complexity index is 577. The molecule has 17 heavy (non-hydrogen) atoms. The van der Waals surface area contributed by atoms with Crippen molar-refractivity contribution in [3.05, 3.63) is 49.8 Å². The first-order valence-electron chi connectivity index (χ1n) is 4.33. The van der Waals surface area contributed by atoms with Crippen LogP contribution >= 0.6 is 22.6 Å². The zero-order valence-corrected chi connectivity index (χ0v) is 10.3. The van der Waals surface area contributed by atoms with Gasteiger partial charge >= 0.3 is 0 Å². The third-order valence-electron chi connectivity index (χ3n) is 1.99. The summed E-state index contributed by atoms with van der Waals surface area (Å²) < 4.78 is 28.8. The molecule has 1 aromatic heterocycles. The van der Waals surface area contributed by atoms with Crippen LogP contribution in [0.3, 0.4) is 0 Å². The number of hydrogen-bond donors (Lipinski definition) is 0. The highest BCUT2D eigenvalue weighted by Gasteiger charge is 2.18. The fourth-order valence-corrected chi connectivity index (χ4v) is 1.69. The van der Waals surface area contributed by atoms with Gasteiger partial charge in [0.1, 0.15) is 5.69 Å². The smallest absolute Gasteiger partial charge is 0.258 e. The van der Waals surface area contributed by atoms with Gasteiger partial charge in [0, 0.05) is 6.20 Å². The van der Waals surface area contributed by atoms with Gasteiger partial charge in [0.15, 0.2) is 11.6 Å². The topological polar surface area (TPSA) is 61.0 Å². The van der Waals surface area contributed by atoms with Crippen molar-refractivity contribution >= 4 is 28.3 Å². The average molecular weight is 351 g/mol. The first-order chi connectivity index (χ1) is 7.99. The third kappa shape index (κ3) is 2.25. The first-order valence-corrected chi connectivity index (χ1v) is 5.41. The zero-order valence-electron chi connectivity index (χ0n) is 8.10. The summed E-state index contributed by atoms with van der Waals surface area (Å²) in [4.78, 5) is 9.55. The Hall–Kier alpha value is -1.58. The predicted octanol–water partition coefficient (Wildman–Crippen LogP) is 2.66. The highest BCUT2D eigenvalue weighted by atomic mass is 127. The molecule has 0 aliphatic heterocycles. The van der Waals surface area contributed by atoms with Crippen molar-refractivity contribution in [1.29, 1.82) is 0 Å². The summed E-state index contributed by atoms with van der Waals surface area (Å²) in [6.45, 7) is 0. The first kappa shape index (κ1) is 11.9. The Labute approximate surface area is 107 Å². The molecule has 0 bridgehead atoms. The van der Waals surface area contributed by atoms with Crippen LogP contribution in [-0.4, -0.2) is 14.7 Å². The number of nitro benzene ring substituents is 1. The second kappa shape index (κ2) is 4.35. The maximum atomic E-state index is 13.6. The SMILES string of the molecule is O=[N+]([O-])c1cc(F)c(-n2cc(I)cn2)c(F)c1. The number of aromatic nitrogens is 2. The van der Waals surface area contributed by atoms with E-state index in [0.717, 1.165) is 4.68 Å². The zero-order chi connectivity index (χ0) is 12.6. The summed E-state index contributed by atoms with van der Waals surface area (Å²) in [5.41, 5.74) is -1.07. The number of hydrogen-bond acceptors (Lipinski definition) is 3. The average Bonchev–Trinajstić information content (AvgIpc) is 2.63. The van der Waals surface area contributed by atoms with Crippen LogP contribution < -0.4 is 0 Å². The summed E-state index contributed by atoms with van der Waals surface area (Å²) in [6.07, 6.45) is 2.83. The minimum atomic E-state index is -1.03. The number of halogens is 3. The molecule has 0 aliphatic rings. The van der Waals surface area contributed by atoms with Crippen molar-refractivity contribution in [2.75, 3.05) is 0 Å². The predicted molar refractivity (Wildman–Crippen MR) is 62.9 cm³/mol. The molecule has 2 rings (SSSR count). The van der Waals surface area contributed by atoms with E-state index in [4.69, 9.17) is 0 Å². The van der Waals surface area contributed by atoms with Crippen molar-refractivity contribution in [3.63, 3.8) is 0 Å². The molecule has 0 amide bonds. The molecular weight excluding hydrogens is 347 g/mol. The van der Waals surface area contributed by atoms with Gasteiger partial charge in [0.2, 0.25) is 0 Å². The minimum absolute atomic E-state index is 0.432. The fourth-order valence-electron chi connectivity index (χ4n) is 1.30. The molecule has 1 heterocycles. The summed E-state index contributed by atoms with van der Waals surface area (Å²) in [6, 6.07) is 1.32. The molecule has 8 heteroatoms. The Morgan fingerprint density at radius 3 is 2.35 bits per heavy atom. The van der Waals surface area contributed by atoms with Crippen LogP contribution in [0.25, 0.3) is 5.69 Å². The van der Waals surface area contributed by atoms with E-state index in [2.05, 4.69) is 5.10 Å². The van der Waals surface area contributed by atoms with Crippen LogP contribution in [0.1, 0.15) is 0 Å². The van der Waals surface area contributed by atoms with Crippen molar-refractivity contribution in [2.45, 2.75) is 0 Å². The summed E-state index contributed by atoms with van der Waals surface area (Å²) >= 11 is 1.93. The van der Waals surface area contributed by atoms with Crippen molar-refractivity contribution in [3.8, 4) is 5.69 Å². The molecule has 0 atom stereocenters. The third-order valence-corrected chi connectivity index (χ3v) is 2.55. The van der Waals surface area contributed by atoms with E-state index < -0.39 is 27.9 Å². The van der Waals surface area contributed by atoms with Gasteiger partial charge in [-0.2, -0.15) is 5.10 Å². The van der Waals surface area contributed by atoms with Gasteiger partial charge in [0.25, 0.3) is 5.69 Å². The number of nitrogens with zero attached hydrogens (tertiary/aromatic N) is 3. The van der Waals surface area contributed by atoms with Crippen molar-refractivity contribution in [1.82, 2.24) is 9.78 Å². The normalized spacial score (nSPS) is 10.5. The number of non-ortho nitro benzene ring substituents is 1. The number of benzene rings is 1. The maximum Gasteiger partial charge on any atom is 0.275 e. The van der Waals surface area contributed by atoms with Crippen molar-refractivity contribution in [2.24, 2.45) is 0 Å². The van der Waals surface area contributed by atoms with E-state index in [1.54, 1.807) is 0 Å². The molecule has 0 aliphatic carbocycles. The van der Waals surface area contributed by atoms with Crippen molar-refractivity contribution < 1.29 is 13.7 Å². The molecule has 0 N–H and O–H groups in total. The molecule has 0 saturated heterocycles. The summed E-state index contributed by atoms with van der Waals surface area (Å²) in [7, 11) is 0.